The lowest BCUT2D eigenvalue weighted by Crippen LogP contribution is -2.44. The number of nitrogens with one attached hydrogen (secondary N) is 3. The van der Waals surface area contributed by atoms with E-state index in [0.29, 0.717) is 6.07 Å². The number of likely N-dealkylation sites (N-methyl/N-ethyl adjacent to an activating group) is 1. The van der Waals surface area contributed by atoms with Gasteiger partial charge in [-0.2, -0.15) is 0 Å². The van der Waals surface area contributed by atoms with Crippen molar-refractivity contribution in [3.63, 3.8) is 0 Å². The third kappa shape index (κ3) is 8.52. The minimum absolute atomic E-state index is 0.0240. The number of benzene rings is 2. The van der Waals surface area contributed by atoms with E-state index in [1.165, 1.54) is 39.9 Å². The predicted molar refractivity (Wildman–Crippen MR) is 162 cm³/mol. The molecule has 0 fully saturated rings. The fourth-order valence-electron chi connectivity index (χ4n) is 4.29. The molecule has 15 heteroatoms. The van der Waals surface area contributed by atoms with E-state index < -0.39 is 41.1 Å². The second kappa shape index (κ2) is 14.9. The van der Waals surface area contributed by atoms with Gasteiger partial charge in [-0.15, -0.1) is 0 Å². The molecule has 0 aliphatic heterocycles. The molecule has 3 N–H and O–H groups in total. The van der Waals surface area contributed by atoms with E-state index in [4.69, 9.17) is 4.74 Å². The Morgan fingerprint density at radius 1 is 1.11 bits per heavy atom. The number of rotatable bonds is 12. The maximum Gasteiger partial charge on any atom is 0.407 e. The zero-order valence-corrected chi connectivity index (χ0v) is 25.1. The van der Waals surface area contributed by atoms with Gasteiger partial charge in [0.05, 0.1) is 19.2 Å². The van der Waals surface area contributed by atoms with Crippen molar-refractivity contribution in [3.05, 3.63) is 100 Å². The lowest BCUT2D eigenvalue weighted by Gasteiger charge is -2.17. The summed E-state index contributed by atoms with van der Waals surface area (Å²) >= 11 is 0. The first-order valence-corrected chi connectivity index (χ1v) is 13.9. The summed E-state index contributed by atoms with van der Waals surface area (Å²) in [5.41, 5.74) is -0.160. The Morgan fingerprint density at radius 3 is 2.61 bits per heavy atom. The third-order valence-corrected chi connectivity index (χ3v) is 6.68. The Hall–Kier alpha value is -5.60. The first-order valence-electron chi connectivity index (χ1n) is 13.9. The van der Waals surface area contributed by atoms with Crippen LogP contribution >= 0.6 is 0 Å². The first kappa shape index (κ1) is 33.3. The number of halogens is 3. The van der Waals surface area contributed by atoms with Gasteiger partial charge >= 0.3 is 6.09 Å². The highest BCUT2D eigenvalue weighted by Crippen LogP contribution is 2.27. The quantitative estimate of drug-likeness (QED) is 0.199. The lowest BCUT2D eigenvalue weighted by atomic mass is 10.1. The summed E-state index contributed by atoms with van der Waals surface area (Å²) in [5.74, 6) is -2.89. The largest absolute Gasteiger partial charge is 0.486 e. The normalized spacial score (nSPS) is 11.8. The second-order valence-corrected chi connectivity index (χ2v) is 10.3. The Balaban J connectivity index is 1.50. The number of hydrogen-bond donors (Lipinski definition) is 3. The van der Waals surface area contributed by atoms with Crippen molar-refractivity contribution in [1.82, 2.24) is 24.8 Å². The third-order valence-electron chi connectivity index (χ3n) is 6.68. The summed E-state index contributed by atoms with van der Waals surface area (Å²) in [6.45, 7) is -0.421. The number of alkyl carbamates (subject to hydrolysis) is 1. The number of allylic oxidation sites excluding steroid dienone is 1. The number of nitrogens with zero attached hydrogens (tertiary/aromatic N) is 3. The van der Waals surface area contributed by atoms with Gasteiger partial charge < -0.3 is 34.6 Å². The van der Waals surface area contributed by atoms with Crippen molar-refractivity contribution >= 4 is 34.6 Å². The van der Waals surface area contributed by atoms with Crippen LogP contribution in [-0.4, -0.2) is 64.6 Å². The molecule has 1 unspecified atom stereocenters. The summed E-state index contributed by atoms with van der Waals surface area (Å²) in [6, 6.07) is 7.06. The Bertz CT molecular complexity index is 1840. The molecule has 0 aliphatic rings. The fourth-order valence-corrected chi connectivity index (χ4v) is 4.29. The van der Waals surface area contributed by atoms with Crippen LogP contribution < -0.4 is 20.9 Å². The summed E-state index contributed by atoms with van der Waals surface area (Å²) in [7, 11) is 4.33. The maximum atomic E-state index is 14.4. The molecule has 4 aromatic rings. The summed E-state index contributed by atoms with van der Waals surface area (Å²) in [6.07, 6.45) is 3.87. The van der Waals surface area contributed by atoms with Crippen LogP contribution in [0, 0.1) is 17.5 Å². The molecule has 4 rings (SSSR count). The molecule has 242 valence electrons. The molecule has 0 spiro atoms. The van der Waals surface area contributed by atoms with Gasteiger partial charge in [-0.05, 0) is 43.2 Å². The van der Waals surface area contributed by atoms with Crippen molar-refractivity contribution in [1.29, 1.82) is 0 Å². The van der Waals surface area contributed by atoms with Crippen LogP contribution in [0.5, 0.6) is 5.75 Å². The Kier molecular flexibility index (Phi) is 10.8. The number of amides is 3. The maximum absolute atomic E-state index is 14.4. The number of carbonyl (C=O) groups is 3. The lowest BCUT2D eigenvalue weighted by molar-refractivity contribution is -0.123. The smallest absolute Gasteiger partial charge is 0.407 e. The van der Waals surface area contributed by atoms with Crippen LogP contribution in [0.1, 0.15) is 24.2 Å². The molecule has 2 aromatic carbocycles. The number of H-pyrrole nitrogens is 1. The van der Waals surface area contributed by atoms with Gasteiger partial charge in [-0.3, -0.25) is 14.4 Å². The average molecular weight is 641 g/mol. The molecule has 0 saturated carbocycles. The highest BCUT2D eigenvalue weighted by atomic mass is 19.1. The molecule has 1 atom stereocenters. The van der Waals surface area contributed by atoms with Crippen LogP contribution in [0.4, 0.5) is 23.7 Å². The molecule has 0 radical (unpaired) electrons. The van der Waals surface area contributed by atoms with E-state index in [1.807, 2.05) is 0 Å². The van der Waals surface area contributed by atoms with Crippen molar-refractivity contribution in [2.24, 2.45) is 0 Å². The molecule has 46 heavy (non-hydrogen) atoms. The van der Waals surface area contributed by atoms with Crippen LogP contribution in [0.2, 0.25) is 0 Å². The fraction of sp³-hybridized carbons (Fsp3) is 0.258. The number of anilines is 1. The summed E-state index contributed by atoms with van der Waals surface area (Å²) in [5, 5.41) is 4.94. The van der Waals surface area contributed by atoms with E-state index >= 15 is 0 Å². The van der Waals surface area contributed by atoms with Crippen molar-refractivity contribution in [2.45, 2.75) is 32.0 Å². The molecule has 2 aromatic heterocycles. The molecule has 0 saturated heterocycles. The van der Waals surface area contributed by atoms with Gasteiger partial charge in [0.15, 0.2) is 0 Å². The zero-order chi connectivity index (χ0) is 33.4. The zero-order valence-electron chi connectivity index (χ0n) is 25.1. The Labute approximate surface area is 260 Å². The number of aromatic amines is 1. The van der Waals surface area contributed by atoms with E-state index in [-0.39, 0.29) is 65.8 Å². The highest BCUT2D eigenvalue weighted by Gasteiger charge is 2.22. The van der Waals surface area contributed by atoms with Gasteiger partial charge in [0.1, 0.15) is 52.9 Å². The van der Waals surface area contributed by atoms with Crippen molar-refractivity contribution in [3.8, 4) is 5.75 Å². The van der Waals surface area contributed by atoms with Crippen molar-refractivity contribution < 1.29 is 37.0 Å². The second-order valence-electron chi connectivity index (χ2n) is 10.3. The number of pyridine rings is 1. The molecule has 3 amide bonds. The molecule has 0 bridgehead atoms. The number of imidazole rings is 1. The number of ether oxygens (including phenoxy) is 2. The van der Waals surface area contributed by atoms with E-state index in [1.54, 1.807) is 20.2 Å². The molecular formula is C31H31F3N6O6. The number of fused-ring (bicyclic) bond motifs is 1. The molecule has 2 heterocycles. The summed E-state index contributed by atoms with van der Waals surface area (Å²) in [4.78, 5) is 58.6. The molecule has 12 nitrogen and oxygen atoms in total. The minimum atomic E-state index is -1.09. The summed E-state index contributed by atoms with van der Waals surface area (Å²) < 4.78 is 53.1. The predicted octanol–water partition coefficient (Wildman–Crippen LogP) is 3.86. The first-order chi connectivity index (χ1) is 21.9. The van der Waals surface area contributed by atoms with Crippen LogP contribution in [0.3, 0.4) is 0 Å². The highest BCUT2D eigenvalue weighted by molar-refractivity contribution is 5.96. The standard InChI is InChI=1S/C31H31F3N6O6/c1-39(2)27(41)9-5-4-7-22(37-31(44)45-3)29(42)36-23-8-6-12-40(30(23)43)16-26-35-24-14-20(33)15-25(28(24)38-26)46-17-18-10-11-19(32)13-21(18)34/h5-6,8-15,22H,4,7,16-17H2,1-3H3,(H,35,38)(H,36,42)(H,37,44). The van der Waals surface area contributed by atoms with Gasteiger partial charge in [-0.1, -0.05) is 6.08 Å². The van der Waals surface area contributed by atoms with Gasteiger partial charge in [-0.25, -0.2) is 22.9 Å². The molecular weight excluding hydrogens is 609 g/mol. The van der Waals surface area contributed by atoms with Gasteiger partial charge in [0, 0.05) is 44.1 Å². The van der Waals surface area contributed by atoms with Crippen LogP contribution in [0.25, 0.3) is 11.0 Å². The van der Waals surface area contributed by atoms with Gasteiger partial charge in [0.2, 0.25) is 11.8 Å². The van der Waals surface area contributed by atoms with Crippen LogP contribution in [0.15, 0.2) is 65.6 Å². The number of hydrogen-bond acceptors (Lipinski definition) is 7. The van der Waals surface area contributed by atoms with E-state index in [2.05, 4.69) is 25.3 Å². The number of methoxy groups -OCH3 is 1. The van der Waals surface area contributed by atoms with Crippen molar-refractivity contribution in [2.75, 3.05) is 26.5 Å². The van der Waals surface area contributed by atoms with E-state index in [9.17, 15) is 32.3 Å². The SMILES string of the molecule is COC(=O)NC(CCC=CC(=O)N(C)C)C(=O)Nc1cccn(Cc2nc3cc(F)cc(OCc4ccc(F)cc4F)c3[nH]2)c1=O. The average Bonchev–Trinajstić information content (AvgIpc) is 3.41. The Morgan fingerprint density at radius 2 is 1.89 bits per heavy atom. The van der Waals surface area contributed by atoms with E-state index in [0.717, 1.165) is 25.3 Å². The number of carbonyl (C=O) groups excluding carboxylic acids is 3. The van der Waals surface area contributed by atoms with Gasteiger partial charge in [0.25, 0.3) is 5.56 Å². The molecule has 0 aliphatic carbocycles. The topological polar surface area (TPSA) is 148 Å². The van der Waals surface area contributed by atoms with Crippen LogP contribution in [-0.2, 0) is 27.5 Å². The minimum Gasteiger partial charge on any atom is -0.486 e. The number of aromatic nitrogens is 3. The monoisotopic (exact) mass is 640 g/mol.